The van der Waals surface area contributed by atoms with Gasteiger partial charge in [-0.05, 0) is 61.6 Å². The summed E-state index contributed by atoms with van der Waals surface area (Å²) in [6, 6.07) is 14.0. The average molecular weight is 397 g/mol. The standard InChI is InChI=1S/C22H23NO4S/c1-16-8-9-17(2)20(12-16)28(25,26)22(10-3-4-11-22)21(24)27-15-19-7-5-6-18(13-19)14-23/h5-9,12-13H,3-4,10-11,15H2,1-2H3. The lowest BCUT2D eigenvalue weighted by atomic mass is 10.1. The summed E-state index contributed by atoms with van der Waals surface area (Å²) in [4.78, 5) is 13.3. The van der Waals surface area contributed by atoms with E-state index >= 15 is 0 Å². The van der Waals surface area contributed by atoms with E-state index in [0.717, 1.165) is 5.56 Å². The largest absolute Gasteiger partial charge is 0.460 e. The van der Waals surface area contributed by atoms with Gasteiger partial charge in [0.25, 0.3) is 0 Å². The minimum absolute atomic E-state index is 0.0571. The molecule has 2 aromatic carbocycles. The first kappa shape index (κ1) is 20.1. The zero-order valence-electron chi connectivity index (χ0n) is 16.1. The Bertz CT molecular complexity index is 1040. The lowest BCUT2D eigenvalue weighted by Crippen LogP contribution is -2.45. The fourth-order valence-electron chi connectivity index (χ4n) is 3.75. The molecule has 6 heteroatoms. The molecule has 1 fully saturated rings. The molecule has 1 aliphatic rings. The zero-order chi connectivity index (χ0) is 20.4. The van der Waals surface area contributed by atoms with E-state index < -0.39 is 20.6 Å². The molecule has 3 rings (SSSR count). The summed E-state index contributed by atoms with van der Waals surface area (Å²) >= 11 is 0. The maximum Gasteiger partial charge on any atom is 0.328 e. The van der Waals surface area contributed by atoms with Crippen molar-refractivity contribution in [3.05, 3.63) is 64.7 Å². The van der Waals surface area contributed by atoms with Gasteiger partial charge in [-0.3, -0.25) is 4.79 Å². The number of sulfone groups is 1. The van der Waals surface area contributed by atoms with Crippen LogP contribution < -0.4 is 0 Å². The van der Waals surface area contributed by atoms with Crippen LogP contribution in [0.15, 0.2) is 47.4 Å². The Balaban J connectivity index is 1.92. The van der Waals surface area contributed by atoms with Crippen molar-refractivity contribution in [3.63, 3.8) is 0 Å². The highest BCUT2D eigenvalue weighted by Gasteiger charge is 2.54. The molecule has 0 atom stereocenters. The van der Waals surface area contributed by atoms with Crippen LogP contribution in [0.2, 0.25) is 0 Å². The van der Waals surface area contributed by atoms with Crippen molar-refractivity contribution in [1.82, 2.24) is 0 Å². The number of hydrogen-bond acceptors (Lipinski definition) is 5. The molecule has 0 heterocycles. The van der Waals surface area contributed by atoms with E-state index in [1.165, 1.54) is 0 Å². The third-order valence-corrected chi connectivity index (χ3v) is 7.98. The lowest BCUT2D eigenvalue weighted by molar-refractivity contribution is -0.148. The molecule has 0 aliphatic heterocycles. The van der Waals surface area contributed by atoms with Crippen molar-refractivity contribution in [2.45, 2.75) is 55.8 Å². The Morgan fingerprint density at radius 3 is 2.54 bits per heavy atom. The Morgan fingerprint density at radius 1 is 1.14 bits per heavy atom. The number of hydrogen-bond donors (Lipinski definition) is 0. The van der Waals surface area contributed by atoms with Crippen molar-refractivity contribution in [2.24, 2.45) is 0 Å². The second kappa shape index (κ2) is 7.76. The van der Waals surface area contributed by atoms with Crippen LogP contribution in [0.5, 0.6) is 0 Å². The first-order valence-corrected chi connectivity index (χ1v) is 10.8. The highest BCUT2D eigenvalue weighted by molar-refractivity contribution is 7.93. The number of ether oxygens (including phenoxy) is 1. The van der Waals surface area contributed by atoms with Gasteiger partial charge in [-0.1, -0.05) is 37.1 Å². The van der Waals surface area contributed by atoms with E-state index in [9.17, 15) is 13.2 Å². The molecule has 146 valence electrons. The number of carbonyl (C=O) groups excluding carboxylic acids is 1. The molecule has 0 amide bonds. The second-order valence-electron chi connectivity index (χ2n) is 7.36. The molecule has 0 saturated heterocycles. The van der Waals surface area contributed by atoms with Gasteiger partial charge in [-0.2, -0.15) is 5.26 Å². The Kier molecular flexibility index (Phi) is 5.57. The van der Waals surface area contributed by atoms with Gasteiger partial charge in [0, 0.05) is 0 Å². The molecular weight excluding hydrogens is 374 g/mol. The van der Waals surface area contributed by atoms with Crippen molar-refractivity contribution >= 4 is 15.8 Å². The van der Waals surface area contributed by atoms with E-state index in [0.29, 0.717) is 29.5 Å². The SMILES string of the molecule is Cc1ccc(C)c(S(=O)(=O)C2(C(=O)OCc3cccc(C#N)c3)CCCC2)c1. The van der Waals surface area contributed by atoms with Gasteiger partial charge in [0.2, 0.25) is 0 Å². The summed E-state index contributed by atoms with van der Waals surface area (Å²) in [7, 11) is -3.90. The van der Waals surface area contributed by atoms with Crippen LogP contribution in [0.1, 0.15) is 47.9 Å². The molecule has 28 heavy (non-hydrogen) atoms. The number of nitrogens with zero attached hydrogens (tertiary/aromatic N) is 1. The van der Waals surface area contributed by atoms with Crippen molar-refractivity contribution in [1.29, 1.82) is 5.26 Å². The zero-order valence-corrected chi connectivity index (χ0v) is 16.9. The van der Waals surface area contributed by atoms with Crippen molar-refractivity contribution in [3.8, 4) is 6.07 Å². The third kappa shape index (κ3) is 3.55. The van der Waals surface area contributed by atoms with Crippen LogP contribution >= 0.6 is 0 Å². The molecule has 1 saturated carbocycles. The third-order valence-electron chi connectivity index (χ3n) is 5.36. The topological polar surface area (TPSA) is 84.2 Å². The predicted octanol–water partition coefficient (Wildman–Crippen LogP) is 4.01. The molecular formula is C22H23NO4S. The minimum atomic E-state index is -3.90. The van der Waals surface area contributed by atoms with Crippen LogP contribution in [0.3, 0.4) is 0 Å². The number of rotatable bonds is 5. The highest BCUT2D eigenvalue weighted by Crippen LogP contribution is 2.42. The Hall–Kier alpha value is -2.65. The molecule has 0 aromatic heterocycles. The predicted molar refractivity (Wildman–Crippen MR) is 105 cm³/mol. The van der Waals surface area contributed by atoms with Crippen LogP contribution in [0.4, 0.5) is 0 Å². The molecule has 1 aliphatic carbocycles. The summed E-state index contributed by atoms with van der Waals surface area (Å²) in [5.41, 5.74) is 2.59. The Labute approximate surface area is 165 Å². The first-order chi connectivity index (χ1) is 13.3. The molecule has 0 N–H and O–H groups in total. The number of esters is 1. The maximum atomic E-state index is 13.5. The van der Waals surface area contributed by atoms with Crippen LogP contribution in [-0.4, -0.2) is 19.1 Å². The lowest BCUT2D eigenvalue weighted by Gasteiger charge is -2.27. The van der Waals surface area contributed by atoms with Crippen LogP contribution in [0.25, 0.3) is 0 Å². The normalized spacial score (nSPS) is 15.8. The summed E-state index contributed by atoms with van der Waals surface area (Å²) in [6.07, 6.45) is 1.87. The number of carbonyl (C=O) groups is 1. The molecule has 0 bridgehead atoms. The summed E-state index contributed by atoms with van der Waals surface area (Å²) in [5.74, 6) is -0.701. The van der Waals surface area contributed by atoms with E-state index in [4.69, 9.17) is 10.00 Å². The van der Waals surface area contributed by atoms with Crippen LogP contribution in [-0.2, 0) is 26.0 Å². The van der Waals surface area contributed by atoms with Gasteiger partial charge < -0.3 is 4.74 Å². The van der Waals surface area contributed by atoms with E-state index in [-0.39, 0.29) is 24.3 Å². The van der Waals surface area contributed by atoms with Crippen molar-refractivity contribution < 1.29 is 17.9 Å². The summed E-state index contributed by atoms with van der Waals surface area (Å²) in [5, 5.41) is 9.00. The Morgan fingerprint density at radius 2 is 1.86 bits per heavy atom. The smallest absolute Gasteiger partial charge is 0.328 e. The molecule has 0 radical (unpaired) electrons. The highest BCUT2D eigenvalue weighted by atomic mass is 32.2. The summed E-state index contributed by atoms with van der Waals surface area (Å²) in [6.45, 7) is 3.52. The first-order valence-electron chi connectivity index (χ1n) is 9.28. The number of benzene rings is 2. The quantitative estimate of drug-likeness (QED) is 0.712. The monoisotopic (exact) mass is 397 g/mol. The molecule has 0 spiro atoms. The molecule has 5 nitrogen and oxygen atoms in total. The number of nitriles is 1. The van der Waals surface area contributed by atoms with E-state index in [1.54, 1.807) is 43.3 Å². The van der Waals surface area contributed by atoms with Gasteiger partial charge in [0.1, 0.15) is 6.61 Å². The fraction of sp³-hybridized carbons (Fsp3) is 0.364. The van der Waals surface area contributed by atoms with Gasteiger partial charge in [0.15, 0.2) is 14.6 Å². The average Bonchev–Trinajstić information content (AvgIpc) is 3.20. The molecule has 2 aromatic rings. The fourth-order valence-corrected chi connectivity index (χ4v) is 6.11. The van der Waals surface area contributed by atoms with Gasteiger partial charge in [-0.15, -0.1) is 0 Å². The van der Waals surface area contributed by atoms with Crippen LogP contribution in [0, 0.1) is 25.2 Å². The minimum Gasteiger partial charge on any atom is -0.460 e. The second-order valence-corrected chi connectivity index (χ2v) is 9.59. The summed E-state index contributed by atoms with van der Waals surface area (Å²) < 4.78 is 31.0. The number of aryl methyl sites for hydroxylation is 2. The van der Waals surface area contributed by atoms with E-state index in [1.807, 2.05) is 19.1 Å². The molecule has 0 unspecified atom stereocenters. The van der Waals surface area contributed by atoms with Crippen molar-refractivity contribution in [2.75, 3.05) is 0 Å². The van der Waals surface area contributed by atoms with E-state index in [2.05, 4.69) is 0 Å². The maximum absolute atomic E-state index is 13.5. The van der Waals surface area contributed by atoms with Gasteiger partial charge >= 0.3 is 5.97 Å². The van der Waals surface area contributed by atoms with Gasteiger partial charge in [0.05, 0.1) is 16.5 Å². The van der Waals surface area contributed by atoms with Gasteiger partial charge in [-0.25, -0.2) is 8.42 Å².